The smallest absolute Gasteiger partial charge is 0.381 e. The van der Waals surface area contributed by atoms with Gasteiger partial charge in [0, 0.05) is 32.7 Å². The van der Waals surface area contributed by atoms with Crippen LogP contribution in [0, 0.1) is 17.3 Å². The first kappa shape index (κ1) is 18.6. The van der Waals surface area contributed by atoms with Crippen molar-refractivity contribution in [3.63, 3.8) is 0 Å². The predicted octanol–water partition coefficient (Wildman–Crippen LogP) is 4.02. The van der Waals surface area contributed by atoms with Gasteiger partial charge in [-0.25, -0.2) is 0 Å². The Hall–Kier alpha value is -0.780. The van der Waals surface area contributed by atoms with Crippen LogP contribution in [0.4, 0.5) is 13.2 Å². The van der Waals surface area contributed by atoms with E-state index in [9.17, 15) is 18.0 Å². The van der Waals surface area contributed by atoms with Gasteiger partial charge < -0.3 is 9.64 Å². The van der Waals surface area contributed by atoms with Gasteiger partial charge in [-0.15, -0.1) is 0 Å². The monoisotopic (exact) mass is 335 g/mol. The Morgan fingerprint density at radius 2 is 1.87 bits per heavy atom. The van der Waals surface area contributed by atoms with Crippen molar-refractivity contribution in [1.82, 2.24) is 4.90 Å². The average molecular weight is 335 g/mol. The number of hydrogen-bond donors (Lipinski definition) is 0. The first-order valence-electron chi connectivity index (χ1n) is 8.62. The van der Waals surface area contributed by atoms with Gasteiger partial charge in [-0.2, -0.15) is 13.2 Å². The van der Waals surface area contributed by atoms with Crippen molar-refractivity contribution >= 4 is 5.91 Å². The van der Waals surface area contributed by atoms with Crippen molar-refractivity contribution in [3.8, 4) is 0 Å². The molecule has 0 spiro atoms. The summed E-state index contributed by atoms with van der Waals surface area (Å²) in [5, 5.41) is 0. The molecule has 6 heteroatoms. The molecule has 0 saturated carbocycles. The third-order valence-corrected chi connectivity index (χ3v) is 5.32. The lowest BCUT2D eigenvalue weighted by Gasteiger charge is -2.44. The number of amides is 1. The molecule has 0 N–H and O–H groups in total. The number of carbonyl (C=O) groups is 1. The molecule has 2 aliphatic rings. The minimum absolute atomic E-state index is 0.00533. The molecular formula is C17H28F3NO2. The number of likely N-dealkylation sites (tertiary alicyclic amines) is 1. The van der Waals surface area contributed by atoms with Crippen molar-refractivity contribution in [3.05, 3.63) is 0 Å². The van der Waals surface area contributed by atoms with Crippen LogP contribution in [-0.2, 0) is 9.53 Å². The molecular weight excluding hydrogens is 307 g/mol. The second-order valence-electron chi connectivity index (χ2n) is 7.63. The summed E-state index contributed by atoms with van der Waals surface area (Å²) in [5.41, 5.74) is -0.910. The molecule has 2 rings (SSSR count). The minimum Gasteiger partial charge on any atom is -0.381 e. The molecule has 23 heavy (non-hydrogen) atoms. The van der Waals surface area contributed by atoms with Crippen LogP contribution in [0.25, 0.3) is 0 Å². The Kier molecular flexibility index (Phi) is 5.98. The molecule has 1 atom stereocenters. The molecule has 0 bridgehead atoms. The summed E-state index contributed by atoms with van der Waals surface area (Å²) in [5.74, 6) is -0.684. The maximum absolute atomic E-state index is 13.1. The summed E-state index contributed by atoms with van der Waals surface area (Å²) < 4.78 is 44.5. The predicted molar refractivity (Wildman–Crippen MR) is 81.9 cm³/mol. The van der Waals surface area contributed by atoms with Crippen molar-refractivity contribution < 1.29 is 22.7 Å². The number of hydrogen-bond acceptors (Lipinski definition) is 2. The molecule has 134 valence electrons. The first-order chi connectivity index (χ1) is 10.7. The minimum atomic E-state index is -4.18. The van der Waals surface area contributed by atoms with Crippen molar-refractivity contribution in [2.24, 2.45) is 17.3 Å². The summed E-state index contributed by atoms with van der Waals surface area (Å²) in [6.07, 6.45) is 0.227. The highest BCUT2D eigenvalue weighted by Crippen LogP contribution is 2.45. The fourth-order valence-electron chi connectivity index (χ4n) is 3.91. The topological polar surface area (TPSA) is 29.5 Å². The first-order valence-corrected chi connectivity index (χ1v) is 8.62. The van der Waals surface area contributed by atoms with Gasteiger partial charge >= 0.3 is 6.18 Å². The summed E-state index contributed by atoms with van der Waals surface area (Å²) in [6, 6.07) is 0. The van der Waals surface area contributed by atoms with E-state index in [0.29, 0.717) is 12.3 Å². The molecule has 0 aromatic heterocycles. The Morgan fingerprint density at radius 1 is 1.22 bits per heavy atom. The van der Waals surface area contributed by atoms with Crippen LogP contribution in [0.1, 0.15) is 52.4 Å². The van der Waals surface area contributed by atoms with Crippen LogP contribution in [0.3, 0.4) is 0 Å². The molecule has 1 amide bonds. The standard InChI is InChI=1S/C17H28F3NO2/c1-16(2)12-21(9-6-14(16)17(18,19)20)15(22)5-3-4-13-7-10-23-11-8-13/h13-14H,3-12H2,1-2H3. The number of carbonyl (C=O) groups excluding carboxylic acids is 1. The summed E-state index contributed by atoms with van der Waals surface area (Å²) >= 11 is 0. The lowest BCUT2D eigenvalue weighted by Crippen LogP contribution is -2.52. The van der Waals surface area contributed by atoms with Gasteiger partial charge in [0.15, 0.2) is 0 Å². The molecule has 3 nitrogen and oxygen atoms in total. The Balaban J connectivity index is 1.77. The lowest BCUT2D eigenvalue weighted by atomic mass is 9.73. The number of rotatable bonds is 4. The number of piperidine rings is 1. The zero-order valence-corrected chi connectivity index (χ0v) is 14.1. The number of ether oxygens (including phenoxy) is 1. The second kappa shape index (κ2) is 7.41. The molecule has 2 saturated heterocycles. The van der Waals surface area contributed by atoms with Crippen LogP contribution in [0.15, 0.2) is 0 Å². The van der Waals surface area contributed by atoms with Crippen LogP contribution in [0.2, 0.25) is 0 Å². The maximum Gasteiger partial charge on any atom is 0.392 e. The van der Waals surface area contributed by atoms with Crippen LogP contribution < -0.4 is 0 Å². The van der Waals surface area contributed by atoms with Gasteiger partial charge in [-0.3, -0.25) is 4.79 Å². The van der Waals surface area contributed by atoms with Gasteiger partial charge in [0.2, 0.25) is 5.91 Å². The highest BCUT2D eigenvalue weighted by molar-refractivity contribution is 5.76. The third kappa shape index (κ3) is 5.10. The highest BCUT2D eigenvalue weighted by Gasteiger charge is 2.51. The Bertz CT molecular complexity index is 403. The van der Waals surface area contributed by atoms with Gasteiger partial charge in [-0.1, -0.05) is 13.8 Å². The number of halogens is 3. The van der Waals surface area contributed by atoms with E-state index < -0.39 is 17.5 Å². The SMILES string of the molecule is CC1(C)CN(C(=O)CCCC2CCOCC2)CCC1C(F)(F)F. The van der Waals surface area contributed by atoms with E-state index in [-0.39, 0.29) is 25.4 Å². The molecule has 0 aromatic rings. The largest absolute Gasteiger partial charge is 0.392 e. The molecule has 1 unspecified atom stereocenters. The van der Waals surface area contributed by atoms with E-state index in [1.54, 1.807) is 18.7 Å². The van der Waals surface area contributed by atoms with E-state index in [4.69, 9.17) is 4.74 Å². The highest BCUT2D eigenvalue weighted by atomic mass is 19.4. The van der Waals surface area contributed by atoms with Crippen LogP contribution in [0.5, 0.6) is 0 Å². The average Bonchev–Trinajstić information content (AvgIpc) is 2.45. The third-order valence-electron chi connectivity index (χ3n) is 5.32. The summed E-state index contributed by atoms with van der Waals surface area (Å²) in [7, 11) is 0. The molecule has 2 heterocycles. The maximum atomic E-state index is 13.1. The molecule has 0 aromatic carbocycles. The van der Waals surface area contributed by atoms with Crippen LogP contribution in [-0.4, -0.2) is 43.3 Å². The van der Waals surface area contributed by atoms with Crippen molar-refractivity contribution in [2.45, 2.75) is 58.5 Å². The van der Waals surface area contributed by atoms with Gasteiger partial charge in [0.25, 0.3) is 0 Å². The Labute approximate surface area is 136 Å². The van der Waals surface area contributed by atoms with Gasteiger partial charge in [0.05, 0.1) is 5.92 Å². The molecule has 0 aliphatic carbocycles. The normalized spacial score (nSPS) is 26.3. The van der Waals surface area contributed by atoms with Gasteiger partial charge in [-0.05, 0) is 43.4 Å². The van der Waals surface area contributed by atoms with Crippen molar-refractivity contribution in [2.75, 3.05) is 26.3 Å². The van der Waals surface area contributed by atoms with E-state index in [2.05, 4.69) is 0 Å². The van der Waals surface area contributed by atoms with Crippen LogP contribution >= 0.6 is 0 Å². The van der Waals surface area contributed by atoms with E-state index in [0.717, 1.165) is 38.9 Å². The van der Waals surface area contributed by atoms with Gasteiger partial charge in [0.1, 0.15) is 0 Å². The number of nitrogens with zero attached hydrogens (tertiary/aromatic N) is 1. The molecule has 0 radical (unpaired) electrons. The van der Waals surface area contributed by atoms with Crippen molar-refractivity contribution in [1.29, 1.82) is 0 Å². The summed E-state index contributed by atoms with van der Waals surface area (Å²) in [6.45, 7) is 5.27. The zero-order valence-electron chi connectivity index (χ0n) is 14.1. The zero-order chi connectivity index (χ0) is 17.1. The summed E-state index contributed by atoms with van der Waals surface area (Å²) in [4.78, 5) is 13.9. The molecule has 2 fully saturated rings. The quantitative estimate of drug-likeness (QED) is 0.776. The fourth-order valence-corrected chi connectivity index (χ4v) is 3.91. The Morgan fingerprint density at radius 3 is 2.43 bits per heavy atom. The van der Waals surface area contributed by atoms with E-state index in [1.807, 2.05) is 0 Å². The second-order valence-corrected chi connectivity index (χ2v) is 7.63. The lowest BCUT2D eigenvalue weighted by molar-refractivity contribution is -0.217. The fraction of sp³-hybridized carbons (Fsp3) is 0.941. The molecule has 2 aliphatic heterocycles. The van der Waals surface area contributed by atoms with E-state index >= 15 is 0 Å². The van der Waals surface area contributed by atoms with E-state index in [1.165, 1.54) is 0 Å². The number of alkyl halides is 3.